The van der Waals surface area contributed by atoms with Gasteiger partial charge in [-0.1, -0.05) is 12.1 Å². The lowest BCUT2D eigenvalue weighted by atomic mass is 10.00. The molecule has 0 unspecified atom stereocenters. The minimum atomic E-state index is -1.03. The molecule has 0 saturated carbocycles. The summed E-state index contributed by atoms with van der Waals surface area (Å²) in [5.74, 6) is -2.60. The summed E-state index contributed by atoms with van der Waals surface area (Å²) >= 11 is 0. The lowest BCUT2D eigenvalue weighted by molar-refractivity contribution is -0.149. The molecule has 1 aliphatic heterocycles. The highest BCUT2D eigenvalue weighted by molar-refractivity contribution is 5.97. The highest BCUT2D eigenvalue weighted by atomic mass is 19.2. The summed E-state index contributed by atoms with van der Waals surface area (Å²) in [4.78, 5) is 24.8. The maximum atomic E-state index is 13.6. The third kappa shape index (κ3) is 2.57. The quantitative estimate of drug-likeness (QED) is 0.876. The van der Waals surface area contributed by atoms with Gasteiger partial charge in [-0.2, -0.15) is 0 Å². The number of carbonyl (C=O) groups is 2. The van der Waals surface area contributed by atoms with Crippen molar-refractivity contribution < 1.29 is 18.4 Å². The van der Waals surface area contributed by atoms with E-state index < -0.39 is 17.2 Å². The molecule has 19 heavy (non-hydrogen) atoms. The van der Waals surface area contributed by atoms with E-state index in [1.165, 1.54) is 17.0 Å². The van der Waals surface area contributed by atoms with Gasteiger partial charge in [0.1, 0.15) is 5.54 Å². The third-order valence-electron chi connectivity index (χ3n) is 3.00. The number of hydrogen-bond acceptors (Lipinski definition) is 2. The Morgan fingerprint density at radius 3 is 2.68 bits per heavy atom. The van der Waals surface area contributed by atoms with Crippen LogP contribution in [0.5, 0.6) is 0 Å². The van der Waals surface area contributed by atoms with E-state index in [0.29, 0.717) is 0 Å². The third-order valence-corrected chi connectivity index (χ3v) is 3.00. The van der Waals surface area contributed by atoms with Gasteiger partial charge in [-0.3, -0.25) is 9.59 Å². The zero-order chi connectivity index (χ0) is 14.2. The molecule has 0 spiro atoms. The molecule has 1 fully saturated rings. The van der Waals surface area contributed by atoms with Crippen LogP contribution >= 0.6 is 0 Å². The molecule has 102 valence electrons. The van der Waals surface area contributed by atoms with Crippen molar-refractivity contribution in [3.05, 3.63) is 35.4 Å². The van der Waals surface area contributed by atoms with Crippen LogP contribution in [0, 0.1) is 11.6 Å². The molecule has 1 N–H and O–H groups in total. The van der Waals surface area contributed by atoms with Crippen molar-refractivity contribution in [3.63, 3.8) is 0 Å². The van der Waals surface area contributed by atoms with Gasteiger partial charge < -0.3 is 10.2 Å². The van der Waals surface area contributed by atoms with E-state index in [1.54, 1.807) is 13.8 Å². The van der Waals surface area contributed by atoms with Gasteiger partial charge in [0.15, 0.2) is 11.6 Å². The zero-order valence-corrected chi connectivity index (χ0v) is 10.7. The van der Waals surface area contributed by atoms with Crippen molar-refractivity contribution in [1.82, 2.24) is 10.2 Å². The van der Waals surface area contributed by atoms with Gasteiger partial charge >= 0.3 is 0 Å². The Morgan fingerprint density at radius 1 is 1.32 bits per heavy atom. The average Bonchev–Trinajstić information content (AvgIpc) is 2.30. The second-order valence-corrected chi connectivity index (χ2v) is 5.05. The van der Waals surface area contributed by atoms with E-state index in [0.717, 1.165) is 6.07 Å². The van der Waals surface area contributed by atoms with Crippen molar-refractivity contribution >= 4 is 11.8 Å². The van der Waals surface area contributed by atoms with Gasteiger partial charge in [-0.15, -0.1) is 0 Å². The number of carbonyl (C=O) groups excluding carboxylic acids is 2. The first kappa shape index (κ1) is 13.5. The molecule has 6 heteroatoms. The summed E-state index contributed by atoms with van der Waals surface area (Å²) in [5.41, 5.74) is -0.974. The van der Waals surface area contributed by atoms with E-state index in [4.69, 9.17) is 0 Å². The molecule has 0 radical (unpaired) electrons. The maximum absolute atomic E-state index is 13.6. The first-order valence-corrected chi connectivity index (χ1v) is 5.84. The predicted octanol–water partition coefficient (Wildman–Crippen LogP) is 1.20. The molecular weight excluding hydrogens is 254 g/mol. The predicted molar refractivity (Wildman–Crippen MR) is 64.0 cm³/mol. The molecule has 1 aromatic rings. The Kier molecular flexibility index (Phi) is 3.26. The first-order valence-electron chi connectivity index (χ1n) is 5.84. The monoisotopic (exact) mass is 268 g/mol. The minimum Gasteiger partial charge on any atom is -0.341 e. The summed E-state index contributed by atoms with van der Waals surface area (Å²) in [6.07, 6.45) is 0. The van der Waals surface area contributed by atoms with E-state index in [2.05, 4.69) is 5.32 Å². The molecule has 0 aliphatic carbocycles. The number of benzene rings is 1. The molecule has 4 nitrogen and oxygen atoms in total. The van der Waals surface area contributed by atoms with Gasteiger partial charge in [0.25, 0.3) is 0 Å². The summed E-state index contributed by atoms with van der Waals surface area (Å²) in [6.45, 7) is 2.86. The SMILES string of the molecule is CC1(C)NC(=O)CN(Cc2cccc(F)c2F)C1=O. The number of amides is 2. The van der Waals surface area contributed by atoms with E-state index >= 15 is 0 Å². The summed E-state index contributed by atoms with van der Waals surface area (Å²) in [7, 11) is 0. The van der Waals surface area contributed by atoms with Crippen LogP contribution in [0.2, 0.25) is 0 Å². The molecule has 0 atom stereocenters. The second-order valence-electron chi connectivity index (χ2n) is 5.05. The first-order chi connectivity index (χ1) is 8.81. The summed E-state index contributed by atoms with van der Waals surface area (Å²) in [6, 6.07) is 3.77. The van der Waals surface area contributed by atoms with Crippen LogP contribution in [-0.2, 0) is 16.1 Å². The Labute approximate surface area is 109 Å². The van der Waals surface area contributed by atoms with Crippen LogP contribution in [0.1, 0.15) is 19.4 Å². The van der Waals surface area contributed by atoms with Crippen LogP contribution in [0.15, 0.2) is 18.2 Å². The van der Waals surface area contributed by atoms with Crippen LogP contribution in [0.25, 0.3) is 0 Å². The lowest BCUT2D eigenvalue weighted by Crippen LogP contribution is -2.63. The Morgan fingerprint density at radius 2 is 2.00 bits per heavy atom. The van der Waals surface area contributed by atoms with Crippen molar-refractivity contribution in [2.75, 3.05) is 6.54 Å². The Balaban J connectivity index is 2.25. The number of piperazine rings is 1. The topological polar surface area (TPSA) is 49.4 Å². The molecule has 2 amide bonds. The summed E-state index contributed by atoms with van der Waals surface area (Å²) in [5, 5.41) is 2.55. The fourth-order valence-electron chi connectivity index (χ4n) is 2.09. The fraction of sp³-hybridized carbons (Fsp3) is 0.385. The average molecular weight is 268 g/mol. The standard InChI is InChI=1S/C13H14F2N2O2/c1-13(2)12(19)17(7-10(18)16-13)6-8-4-3-5-9(14)11(8)15/h3-5H,6-7H2,1-2H3,(H,16,18). The van der Waals surface area contributed by atoms with Crippen LogP contribution in [-0.4, -0.2) is 28.8 Å². The smallest absolute Gasteiger partial charge is 0.248 e. The van der Waals surface area contributed by atoms with E-state index in [1.807, 2.05) is 0 Å². The minimum absolute atomic E-state index is 0.0545. The zero-order valence-electron chi connectivity index (χ0n) is 10.7. The fourth-order valence-corrected chi connectivity index (χ4v) is 2.09. The van der Waals surface area contributed by atoms with Gasteiger partial charge in [0, 0.05) is 12.1 Å². The highest BCUT2D eigenvalue weighted by Crippen LogP contribution is 2.18. The molecule has 1 heterocycles. The summed E-state index contributed by atoms with van der Waals surface area (Å²) < 4.78 is 26.7. The molecule has 0 aromatic heterocycles. The number of rotatable bonds is 2. The number of nitrogens with zero attached hydrogens (tertiary/aromatic N) is 1. The molecule has 0 bridgehead atoms. The molecule has 1 aromatic carbocycles. The highest BCUT2D eigenvalue weighted by Gasteiger charge is 2.39. The van der Waals surface area contributed by atoms with Crippen molar-refractivity contribution in [1.29, 1.82) is 0 Å². The van der Waals surface area contributed by atoms with Gasteiger partial charge in [-0.05, 0) is 19.9 Å². The van der Waals surface area contributed by atoms with Gasteiger partial charge in [-0.25, -0.2) is 8.78 Å². The lowest BCUT2D eigenvalue weighted by Gasteiger charge is -2.37. The van der Waals surface area contributed by atoms with Crippen molar-refractivity contribution in [3.8, 4) is 0 Å². The second kappa shape index (κ2) is 4.60. The van der Waals surface area contributed by atoms with E-state index in [-0.39, 0.29) is 30.5 Å². The van der Waals surface area contributed by atoms with Crippen molar-refractivity contribution in [2.45, 2.75) is 25.9 Å². The number of nitrogens with one attached hydrogen (secondary N) is 1. The van der Waals surface area contributed by atoms with Crippen LogP contribution < -0.4 is 5.32 Å². The molecule has 1 saturated heterocycles. The molecule has 2 rings (SSSR count). The maximum Gasteiger partial charge on any atom is 0.248 e. The molecular formula is C13H14F2N2O2. The van der Waals surface area contributed by atoms with E-state index in [9.17, 15) is 18.4 Å². The van der Waals surface area contributed by atoms with Crippen molar-refractivity contribution in [2.24, 2.45) is 0 Å². The Hall–Kier alpha value is -1.98. The Bertz CT molecular complexity index is 543. The van der Waals surface area contributed by atoms with Gasteiger partial charge in [0.05, 0.1) is 6.54 Å². The van der Waals surface area contributed by atoms with Gasteiger partial charge in [0.2, 0.25) is 11.8 Å². The number of halogens is 2. The van der Waals surface area contributed by atoms with Crippen LogP contribution in [0.3, 0.4) is 0 Å². The largest absolute Gasteiger partial charge is 0.341 e. The molecule has 1 aliphatic rings. The van der Waals surface area contributed by atoms with Crippen LogP contribution in [0.4, 0.5) is 8.78 Å². The number of hydrogen-bond donors (Lipinski definition) is 1. The normalized spacial score (nSPS) is 18.4.